The summed E-state index contributed by atoms with van der Waals surface area (Å²) in [6, 6.07) is 10.00. The number of anilines is 1. The Hall–Kier alpha value is -2.01. The van der Waals surface area contributed by atoms with Gasteiger partial charge in [0.25, 0.3) is 5.91 Å². The SMILES string of the molecule is CCOc1ccccc1N1CCN(C(=O)c2ccsc2)CC1. The van der Waals surface area contributed by atoms with Crippen molar-refractivity contribution in [3.63, 3.8) is 0 Å². The summed E-state index contributed by atoms with van der Waals surface area (Å²) in [7, 11) is 0. The summed E-state index contributed by atoms with van der Waals surface area (Å²) in [5.41, 5.74) is 1.92. The zero-order valence-electron chi connectivity index (χ0n) is 12.7. The molecule has 0 N–H and O–H groups in total. The lowest BCUT2D eigenvalue weighted by molar-refractivity contribution is 0.0747. The van der Waals surface area contributed by atoms with E-state index in [9.17, 15) is 4.79 Å². The topological polar surface area (TPSA) is 32.8 Å². The number of carbonyl (C=O) groups excluding carboxylic acids is 1. The van der Waals surface area contributed by atoms with Gasteiger partial charge in [-0.3, -0.25) is 4.79 Å². The molecule has 0 aliphatic carbocycles. The van der Waals surface area contributed by atoms with E-state index in [2.05, 4.69) is 11.0 Å². The molecule has 0 unspecified atom stereocenters. The van der Waals surface area contributed by atoms with E-state index in [-0.39, 0.29) is 5.91 Å². The van der Waals surface area contributed by atoms with Crippen molar-refractivity contribution in [2.75, 3.05) is 37.7 Å². The van der Waals surface area contributed by atoms with E-state index in [1.807, 2.05) is 46.8 Å². The first kappa shape index (κ1) is 14.9. The molecule has 5 heteroatoms. The minimum absolute atomic E-state index is 0.138. The average Bonchev–Trinajstić information content (AvgIpc) is 3.10. The summed E-state index contributed by atoms with van der Waals surface area (Å²) < 4.78 is 5.70. The average molecular weight is 316 g/mol. The van der Waals surface area contributed by atoms with Crippen LogP contribution in [-0.2, 0) is 0 Å². The van der Waals surface area contributed by atoms with Crippen molar-refractivity contribution < 1.29 is 9.53 Å². The lowest BCUT2D eigenvalue weighted by Crippen LogP contribution is -2.48. The first-order valence-electron chi connectivity index (χ1n) is 7.58. The van der Waals surface area contributed by atoms with Gasteiger partial charge < -0.3 is 14.5 Å². The Bertz CT molecular complexity index is 619. The number of nitrogens with zero attached hydrogens (tertiary/aromatic N) is 2. The lowest BCUT2D eigenvalue weighted by atomic mass is 10.2. The second-order valence-corrected chi connectivity index (χ2v) is 5.97. The smallest absolute Gasteiger partial charge is 0.254 e. The van der Waals surface area contributed by atoms with Gasteiger partial charge in [0.15, 0.2) is 0 Å². The van der Waals surface area contributed by atoms with Crippen LogP contribution in [0.25, 0.3) is 0 Å². The molecule has 1 fully saturated rings. The van der Waals surface area contributed by atoms with Crippen molar-refractivity contribution in [1.82, 2.24) is 4.90 Å². The van der Waals surface area contributed by atoms with Crippen LogP contribution in [0.5, 0.6) is 5.75 Å². The summed E-state index contributed by atoms with van der Waals surface area (Å²) in [6.45, 7) is 5.81. The second-order valence-electron chi connectivity index (χ2n) is 5.19. The highest BCUT2D eigenvalue weighted by molar-refractivity contribution is 7.08. The van der Waals surface area contributed by atoms with E-state index in [1.54, 1.807) is 11.3 Å². The largest absolute Gasteiger partial charge is 0.492 e. The van der Waals surface area contributed by atoms with Gasteiger partial charge in [0.05, 0.1) is 17.9 Å². The minimum atomic E-state index is 0.138. The molecular weight excluding hydrogens is 296 g/mol. The highest BCUT2D eigenvalue weighted by Crippen LogP contribution is 2.29. The van der Waals surface area contributed by atoms with Crippen LogP contribution in [0.3, 0.4) is 0 Å². The zero-order chi connectivity index (χ0) is 15.4. The quantitative estimate of drug-likeness (QED) is 0.869. The first-order valence-corrected chi connectivity index (χ1v) is 8.52. The number of carbonyl (C=O) groups is 1. The normalized spacial score (nSPS) is 15.0. The Morgan fingerprint density at radius 3 is 2.64 bits per heavy atom. The second kappa shape index (κ2) is 6.83. The molecule has 0 bridgehead atoms. The molecule has 1 aromatic heterocycles. The fourth-order valence-corrected chi connectivity index (χ4v) is 3.34. The van der Waals surface area contributed by atoms with Crippen molar-refractivity contribution in [3.05, 3.63) is 46.7 Å². The molecule has 1 amide bonds. The van der Waals surface area contributed by atoms with E-state index in [1.165, 1.54) is 0 Å². The number of rotatable bonds is 4. The summed E-state index contributed by atoms with van der Waals surface area (Å²) in [5, 5.41) is 3.86. The fourth-order valence-electron chi connectivity index (χ4n) is 2.72. The third-order valence-corrected chi connectivity index (χ3v) is 4.52. The predicted octanol–water partition coefficient (Wildman–Crippen LogP) is 3.11. The minimum Gasteiger partial charge on any atom is -0.492 e. The molecular formula is C17H20N2O2S. The van der Waals surface area contributed by atoms with Crippen molar-refractivity contribution in [2.24, 2.45) is 0 Å². The Labute approximate surface area is 134 Å². The molecule has 4 nitrogen and oxygen atoms in total. The molecule has 2 aromatic rings. The maximum Gasteiger partial charge on any atom is 0.254 e. The fraction of sp³-hybridized carbons (Fsp3) is 0.353. The molecule has 116 valence electrons. The van der Waals surface area contributed by atoms with Crippen molar-refractivity contribution >= 4 is 22.9 Å². The Kier molecular flexibility index (Phi) is 4.63. The van der Waals surface area contributed by atoms with E-state index >= 15 is 0 Å². The van der Waals surface area contributed by atoms with E-state index in [0.717, 1.165) is 43.2 Å². The summed E-state index contributed by atoms with van der Waals surface area (Å²) in [6.07, 6.45) is 0. The Morgan fingerprint density at radius 2 is 1.95 bits per heavy atom. The molecule has 22 heavy (non-hydrogen) atoms. The first-order chi connectivity index (χ1) is 10.8. The van der Waals surface area contributed by atoms with Crippen LogP contribution in [-0.4, -0.2) is 43.6 Å². The van der Waals surface area contributed by atoms with Gasteiger partial charge in [-0.15, -0.1) is 0 Å². The van der Waals surface area contributed by atoms with Crippen LogP contribution in [0.15, 0.2) is 41.1 Å². The monoisotopic (exact) mass is 316 g/mol. The maximum absolute atomic E-state index is 12.4. The molecule has 3 rings (SSSR count). The molecule has 1 aliphatic heterocycles. The lowest BCUT2D eigenvalue weighted by Gasteiger charge is -2.36. The number of piperazine rings is 1. The molecule has 0 spiro atoms. The van der Waals surface area contributed by atoms with Gasteiger partial charge in [-0.05, 0) is 30.5 Å². The van der Waals surface area contributed by atoms with Crippen LogP contribution >= 0.6 is 11.3 Å². The summed E-state index contributed by atoms with van der Waals surface area (Å²) in [4.78, 5) is 16.6. The number of ether oxygens (including phenoxy) is 1. The number of hydrogen-bond acceptors (Lipinski definition) is 4. The van der Waals surface area contributed by atoms with Crippen LogP contribution in [0.2, 0.25) is 0 Å². The van der Waals surface area contributed by atoms with Crippen LogP contribution < -0.4 is 9.64 Å². The molecule has 1 saturated heterocycles. The number of amides is 1. The molecule has 2 heterocycles. The summed E-state index contributed by atoms with van der Waals surface area (Å²) in [5.74, 6) is 1.06. The number of thiophene rings is 1. The molecule has 1 aromatic carbocycles. The van der Waals surface area contributed by atoms with Crippen LogP contribution in [0.4, 0.5) is 5.69 Å². The Morgan fingerprint density at radius 1 is 1.18 bits per heavy atom. The van der Waals surface area contributed by atoms with Crippen molar-refractivity contribution in [3.8, 4) is 5.75 Å². The third kappa shape index (κ3) is 3.09. The van der Waals surface area contributed by atoms with Gasteiger partial charge in [-0.1, -0.05) is 12.1 Å². The van der Waals surface area contributed by atoms with E-state index in [0.29, 0.717) is 6.61 Å². The molecule has 1 aliphatic rings. The number of hydrogen-bond donors (Lipinski definition) is 0. The highest BCUT2D eigenvalue weighted by atomic mass is 32.1. The molecule has 0 atom stereocenters. The zero-order valence-corrected chi connectivity index (χ0v) is 13.5. The summed E-state index contributed by atoms with van der Waals surface area (Å²) >= 11 is 1.56. The van der Waals surface area contributed by atoms with Gasteiger partial charge in [0, 0.05) is 31.6 Å². The van der Waals surface area contributed by atoms with Crippen molar-refractivity contribution in [1.29, 1.82) is 0 Å². The van der Waals surface area contributed by atoms with E-state index < -0.39 is 0 Å². The van der Waals surface area contributed by atoms with Crippen LogP contribution in [0.1, 0.15) is 17.3 Å². The highest BCUT2D eigenvalue weighted by Gasteiger charge is 2.23. The predicted molar refractivity (Wildman–Crippen MR) is 90.0 cm³/mol. The number of benzene rings is 1. The number of para-hydroxylation sites is 2. The molecule has 0 saturated carbocycles. The maximum atomic E-state index is 12.4. The van der Waals surface area contributed by atoms with Crippen LogP contribution in [0, 0.1) is 0 Å². The van der Waals surface area contributed by atoms with Gasteiger partial charge in [-0.25, -0.2) is 0 Å². The Balaban J connectivity index is 1.66. The molecule has 0 radical (unpaired) electrons. The van der Waals surface area contributed by atoms with Gasteiger partial charge in [0.1, 0.15) is 5.75 Å². The van der Waals surface area contributed by atoms with Crippen molar-refractivity contribution in [2.45, 2.75) is 6.92 Å². The van der Waals surface area contributed by atoms with Gasteiger partial charge >= 0.3 is 0 Å². The van der Waals surface area contributed by atoms with Gasteiger partial charge in [0.2, 0.25) is 0 Å². The standard InChI is InChI=1S/C17H20N2O2S/c1-2-21-16-6-4-3-5-15(16)18-8-10-19(11-9-18)17(20)14-7-12-22-13-14/h3-7,12-13H,2,8-11H2,1H3. The van der Waals surface area contributed by atoms with Gasteiger partial charge in [-0.2, -0.15) is 11.3 Å². The third-order valence-electron chi connectivity index (χ3n) is 3.84. The van der Waals surface area contributed by atoms with E-state index in [4.69, 9.17) is 4.74 Å².